The van der Waals surface area contributed by atoms with Crippen LogP contribution in [0.1, 0.15) is 13.3 Å². The summed E-state index contributed by atoms with van der Waals surface area (Å²) in [5.74, 6) is 0. The van der Waals surface area contributed by atoms with Crippen molar-refractivity contribution in [3.05, 3.63) is 0 Å². The SMILES string of the molecule is CC1CC(OP(=O)(S)OC(C(F)(F)F)C(F)(F)F)C(COP(=O)(OC(C(F)(F)F)C(F)(F)F)OC(C(F)(F)F)C(F)(F)F)O1. The number of alkyl halides is 18. The number of halogens is 18. The van der Waals surface area contributed by atoms with Gasteiger partial charge in [0, 0.05) is 6.42 Å². The molecular weight excluding hydrogens is 744 g/mol. The predicted molar refractivity (Wildman–Crippen MR) is 105 cm³/mol. The molecule has 1 heterocycles. The first-order chi connectivity index (χ1) is 19.1. The maximum Gasteiger partial charge on any atom is 0.476 e. The molecule has 4 atom stereocenters. The number of hydrogen-bond acceptors (Lipinski definition) is 8. The summed E-state index contributed by atoms with van der Waals surface area (Å²) in [7, 11) is -7.37. The molecule has 0 bridgehead atoms. The molecule has 1 rings (SSSR count). The molecule has 4 unspecified atom stereocenters. The molecule has 0 N–H and O–H groups in total. The van der Waals surface area contributed by atoms with Crippen LogP contribution in [0, 0.1) is 0 Å². The predicted octanol–water partition coefficient (Wildman–Crippen LogP) is 8.24. The van der Waals surface area contributed by atoms with Crippen LogP contribution in [0.3, 0.4) is 0 Å². The van der Waals surface area contributed by atoms with Crippen molar-refractivity contribution in [1.29, 1.82) is 0 Å². The monoisotopic (exact) mass is 758 g/mol. The van der Waals surface area contributed by atoms with Crippen molar-refractivity contribution in [2.24, 2.45) is 0 Å². The summed E-state index contributed by atoms with van der Waals surface area (Å²) in [6, 6.07) is 0. The first-order valence-electron chi connectivity index (χ1n) is 10.5. The van der Waals surface area contributed by atoms with Crippen molar-refractivity contribution >= 4 is 26.9 Å². The number of rotatable bonds is 11. The summed E-state index contributed by atoms with van der Waals surface area (Å²) in [6.45, 7) is -6.97. The van der Waals surface area contributed by atoms with E-state index < -0.39 is 101 Å². The highest BCUT2D eigenvalue weighted by atomic mass is 32.7. The van der Waals surface area contributed by atoms with E-state index in [9.17, 15) is 88.2 Å². The summed E-state index contributed by atoms with van der Waals surface area (Å²) < 4.78 is 278. The summed E-state index contributed by atoms with van der Waals surface area (Å²) >= 11 is 2.89. The van der Waals surface area contributed by atoms with E-state index in [-0.39, 0.29) is 0 Å². The Bertz CT molecular complexity index is 974. The normalized spacial score (nSPS) is 23.2. The van der Waals surface area contributed by atoms with Gasteiger partial charge in [0.1, 0.15) is 6.10 Å². The second-order valence-electron chi connectivity index (χ2n) is 8.28. The highest BCUT2D eigenvalue weighted by Crippen LogP contribution is 2.61. The molecular formula is C15H14F18O8P2S. The fourth-order valence-electron chi connectivity index (χ4n) is 2.93. The molecule has 29 heteroatoms. The van der Waals surface area contributed by atoms with Crippen molar-refractivity contribution in [3.63, 3.8) is 0 Å². The van der Waals surface area contributed by atoms with Crippen LogP contribution in [0.25, 0.3) is 0 Å². The summed E-state index contributed by atoms with van der Waals surface area (Å²) in [5, 5.41) is 0. The zero-order valence-electron chi connectivity index (χ0n) is 20.3. The summed E-state index contributed by atoms with van der Waals surface area (Å²) in [6.07, 6.45) is -62.1. The van der Waals surface area contributed by atoms with Crippen molar-refractivity contribution in [2.45, 2.75) is 87.0 Å². The molecule has 0 aliphatic carbocycles. The quantitative estimate of drug-likeness (QED) is 0.128. The van der Waals surface area contributed by atoms with Crippen LogP contribution in [-0.4, -0.2) is 80.3 Å². The van der Waals surface area contributed by atoms with Crippen molar-refractivity contribution in [2.75, 3.05) is 6.61 Å². The van der Waals surface area contributed by atoms with Crippen LogP contribution in [0.5, 0.6) is 0 Å². The molecule has 0 amide bonds. The number of phosphoric acid groups is 1. The maximum atomic E-state index is 12.9. The maximum absolute atomic E-state index is 12.9. The molecule has 44 heavy (non-hydrogen) atoms. The molecule has 0 radical (unpaired) electrons. The van der Waals surface area contributed by atoms with Gasteiger partial charge in [-0.15, -0.1) is 0 Å². The Hall–Kier alpha value is -0.690. The van der Waals surface area contributed by atoms with Crippen molar-refractivity contribution in [3.8, 4) is 0 Å². The summed E-state index contributed by atoms with van der Waals surface area (Å²) in [4.78, 5) is 0. The molecule has 0 spiro atoms. The van der Waals surface area contributed by atoms with E-state index in [0.717, 1.165) is 6.92 Å². The Morgan fingerprint density at radius 3 is 1.30 bits per heavy atom. The third-order valence-electron chi connectivity index (χ3n) is 4.54. The van der Waals surface area contributed by atoms with E-state index in [0.29, 0.717) is 0 Å². The Morgan fingerprint density at radius 2 is 0.977 bits per heavy atom. The van der Waals surface area contributed by atoms with Crippen LogP contribution in [0.15, 0.2) is 0 Å². The molecule has 0 aromatic heterocycles. The van der Waals surface area contributed by atoms with E-state index in [1.165, 1.54) is 0 Å². The third kappa shape index (κ3) is 12.5. The number of hydrogen-bond donors (Lipinski definition) is 1. The lowest BCUT2D eigenvalue weighted by Crippen LogP contribution is -2.46. The Labute approximate surface area is 236 Å². The number of thiol groups is 1. The molecule has 1 aliphatic heterocycles. The second kappa shape index (κ2) is 13.4. The molecule has 0 aromatic rings. The van der Waals surface area contributed by atoms with Gasteiger partial charge in [0.2, 0.25) is 0 Å². The fraction of sp³-hybridized carbons (Fsp3) is 1.00. The van der Waals surface area contributed by atoms with Crippen molar-refractivity contribution in [1.82, 2.24) is 0 Å². The lowest BCUT2D eigenvalue weighted by atomic mass is 10.1. The highest BCUT2D eigenvalue weighted by Gasteiger charge is 2.66. The van der Waals surface area contributed by atoms with Gasteiger partial charge in [0.05, 0.1) is 18.8 Å². The average molecular weight is 758 g/mol. The summed E-state index contributed by atoms with van der Waals surface area (Å²) in [5.41, 5.74) is 0. The Balaban J connectivity index is 3.40. The van der Waals surface area contributed by atoms with E-state index in [1.807, 2.05) is 0 Å². The van der Waals surface area contributed by atoms with Crippen LogP contribution in [0.2, 0.25) is 0 Å². The molecule has 264 valence electrons. The lowest BCUT2D eigenvalue weighted by molar-refractivity contribution is -0.318. The van der Waals surface area contributed by atoms with Gasteiger partial charge in [-0.2, -0.15) is 79.0 Å². The Morgan fingerprint density at radius 1 is 0.659 bits per heavy atom. The van der Waals surface area contributed by atoms with Crippen LogP contribution in [0.4, 0.5) is 79.0 Å². The molecule has 1 saturated heterocycles. The topological polar surface area (TPSA) is 89.5 Å². The minimum absolute atomic E-state index is 0.835. The van der Waals surface area contributed by atoms with Crippen LogP contribution >= 0.6 is 26.9 Å². The highest BCUT2D eigenvalue weighted by molar-refractivity contribution is 8.44. The van der Waals surface area contributed by atoms with Crippen molar-refractivity contribution < 1.29 is 116 Å². The van der Waals surface area contributed by atoms with Gasteiger partial charge in [-0.1, -0.05) is 12.2 Å². The van der Waals surface area contributed by atoms with Gasteiger partial charge < -0.3 is 4.74 Å². The van der Waals surface area contributed by atoms with Gasteiger partial charge in [-0.05, 0) is 6.92 Å². The van der Waals surface area contributed by atoms with Crippen LogP contribution < -0.4 is 0 Å². The molecule has 1 aliphatic rings. The lowest BCUT2D eigenvalue weighted by Gasteiger charge is -2.31. The van der Waals surface area contributed by atoms with Gasteiger partial charge in [0.25, 0.3) is 18.3 Å². The van der Waals surface area contributed by atoms with E-state index in [1.54, 1.807) is 0 Å². The zero-order valence-corrected chi connectivity index (χ0v) is 23.0. The number of ether oxygens (including phenoxy) is 1. The van der Waals surface area contributed by atoms with Crippen LogP contribution in [-0.2, 0) is 36.5 Å². The first-order valence-corrected chi connectivity index (χ1v) is 14.6. The molecule has 0 saturated carbocycles. The second-order valence-corrected chi connectivity index (χ2v) is 12.7. The Kier molecular flexibility index (Phi) is 12.6. The van der Waals surface area contributed by atoms with Gasteiger partial charge in [-0.3, -0.25) is 22.6 Å². The van der Waals surface area contributed by atoms with E-state index in [4.69, 9.17) is 4.74 Å². The molecule has 1 fully saturated rings. The minimum Gasteiger partial charge on any atom is -0.370 e. The van der Waals surface area contributed by atoms with Gasteiger partial charge >= 0.3 is 51.7 Å². The first kappa shape index (κ1) is 41.3. The standard InChI is InChI=1S/C15H14F18O8P2S/c1-4-2-5(38-43(35,44)41-9(14(28,29)30)15(31,32)33)6(37-4)3-36-42(34,39-7(10(16,17)18)11(19,20)21)40-8(12(22,23)24)13(25,26)27/h4-9H,2-3H2,1H3,(H,35,44). The van der Waals surface area contributed by atoms with Gasteiger partial charge in [0.15, 0.2) is 0 Å². The smallest absolute Gasteiger partial charge is 0.370 e. The van der Waals surface area contributed by atoms with E-state index in [2.05, 4.69) is 34.9 Å². The van der Waals surface area contributed by atoms with E-state index >= 15 is 0 Å². The number of phosphoric ester groups is 1. The third-order valence-corrected chi connectivity index (χ3v) is 7.53. The minimum atomic E-state index is -7.37. The van der Waals surface area contributed by atoms with Gasteiger partial charge in [-0.25, -0.2) is 9.13 Å². The molecule has 0 aromatic carbocycles. The molecule has 8 nitrogen and oxygen atoms in total. The average Bonchev–Trinajstić information content (AvgIpc) is 3.06. The fourth-order valence-corrected chi connectivity index (χ4v) is 6.19. The largest absolute Gasteiger partial charge is 0.476 e. The zero-order chi connectivity index (χ0) is 35.1.